The van der Waals surface area contributed by atoms with Crippen LogP contribution in [0.1, 0.15) is 45.4 Å². The van der Waals surface area contributed by atoms with E-state index >= 15 is 0 Å². The molecule has 13 heavy (non-hydrogen) atoms. The molecule has 2 atom stereocenters. The van der Waals surface area contributed by atoms with Gasteiger partial charge in [0.15, 0.2) is 0 Å². The third-order valence-corrected chi connectivity index (χ3v) is 8.06. The minimum absolute atomic E-state index is 0.0379. The van der Waals surface area contributed by atoms with E-state index < -0.39 is 0 Å². The van der Waals surface area contributed by atoms with E-state index in [9.17, 15) is 0 Å². The van der Waals surface area contributed by atoms with Crippen molar-refractivity contribution in [1.82, 2.24) is 0 Å². The van der Waals surface area contributed by atoms with E-state index in [2.05, 4.69) is 13.2 Å². The van der Waals surface area contributed by atoms with Crippen LogP contribution in [0.25, 0.3) is 0 Å². The fourth-order valence-electron chi connectivity index (χ4n) is 2.23. The van der Waals surface area contributed by atoms with Gasteiger partial charge in [-0.1, -0.05) is 39.0 Å². The minimum atomic E-state index is -0.0379. The highest BCUT2D eigenvalue weighted by molar-refractivity contribution is 8.39. The summed E-state index contributed by atoms with van der Waals surface area (Å²) >= 11 is 0. The van der Waals surface area contributed by atoms with Gasteiger partial charge in [-0.3, -0.25) is 0 Å². The number of hydrogen-bond acceptors (Lipinski definition) is 0. The topological polar surface area (TPSA) is 0 Å². The van der Waals surface area contributed by atoms with Crippen LogP contribution < -0.4 is 0 Å². The highest BCUT2D eigenvalue weighted by Gasteiger charge is 2.40. The molecule has 2 rings (SSSR count). The third kappa shape index (κ3) is 2.90. The fraction of sp³-hybridized carbons (Fsp3) is 1.00. The normalized spacial score (nSPS) is 42.8. The number of rotatable bonds is 6. The van der Waals surface area contributed by atoms with Crippen LogP contribution in [0.5, 0.6) is 0 Å². The lowest BCUT2D eigenvalue weighted by molar-refractivity contribution is 0.622. The maximum atomic E-state index is 2.55. The van der Waals surface area contributed by atoms with Crippen LogP contribution in [0.3, 0.4) is 0 Å². The van der Waals surface area contributed by atoms with E-state index in [4.69, 9.17) is 0 Å². The predicted octanol–water partition coefficient (Wildman–Crippen LogP) is 3.79. The van der Waals surface area contributed by atoms with Crippen LogP contribution in [0.4, 0.5) is 0 Å². The highest BCUT2D eigenvalue weighted by Crippen LogP contribution is 2.65. The summed E-state index contributed by atoms with van der Waals surface area (Å²) in [6.45, 7) is 2.44. The Labute approximate surface area is 84.8 Å². The Morgan fingerprint density at radius 2 is 1.85 bits per heavy atom. The van der Waals surface area contributed by atoms with Crippen molar-refractivity contribution in [3.63, 3.8) is 0 Å². The highest BCUT2D eigenvalue weighted by atomic mass is 32.3. The summed E-state index contributed by atoms with van der Waals surface area (Å²) in [6, 6.07) is 0. The third-order valence-electron chi connectivity index (χ3n) is 3.89. The van der Waals surface area contributed by atoms with Gasteiger partial charge in [0, 0.05) is 0 Å². The molecule has 0 spiro atoms. The summed E-state index contributed by atoms with van der Waals surface area (Å²) < 4.78 is 0. The van der Waals surface area contributed by atoms with Gasteiger partial charge in [-0.05, 0) is 35.4 Å². The van der Waals surface area contributed by atoms with Gasteiger partial charge >= 0.3 is 0 Å². The molecule has 1 saturated carbocycles. The zero-order valence-corrected chi connectivity index (χ0v) is 10.0. The van der Waals surface area contributed by atoms with Crippen LogP contribution in [0.2, 0.25) is 0 Å². The first-order valence-electron chi connectivity index (χ1n) is 5.93. The lowest BCUT2D eigenvalue weighted by atomic mass is 10.1. The lowest BCUT2D eigenvalue weighted by Gasteiger charge is -2.14. The average Bonchev–Trinajstić information content (AvgIpc) is 2.94. The predicted molar refractivity (Wildman–Crippen MR) is 63.9 cm³/mol. The van der Waals surface area contributed by atoms with Crippen LogP contribution >= 0.6 is 10.0 Å². The van der Waals surface area contributed by atoms with Crippen molar-refractivity contribution in [3.05, 3.63) is 0 Å². The second-order valence-corrected chi connectivity index (χ2v) is 9.57. The SMILES string of the molecule is CC1CS1(C)CCCCCC1CC1. The Kier molecular flexibility index (Phi) is 2.92. The number of hydrogen-bond donors (Lipinski definition) is 0. The second-order valence-electron chi connectivity index (χ2n) is 5.32. The van der Waals surface area contributed by atoms with E-state index in [1.54, 1.807) is 30.8 Å². The zero-order valence-electron chi connectivity index (χ0n) is 9.22. The molecule has 2 aliphatic rings. The van der Waals surface area contributed by atoms with Crippen LogP contribution in [0.15, 0.2) is 0 Å². The van der Waals surface area contributed by atoms with Crippen LogP contribution in [-0.2, 0) is 0 Å². The molecule has 0 aromatic rings. The molecule has 2 unspecified atom stereocenters. The lowest BCUT2D eigenvalue weighted by Crippen LogP contribution is -1.90. The summed E-state index contributed by atoms with van der Waals surface area (Å²) in [5.41, 5.74) is 0. The molecule has 0 aromatic carbocycles. The number of unbranched alkanes of at least 4 members (excludes halogenated alkanes) is 2. The van der Waals surface area contributed by atoms with Gasteiger partial charge in [-0.25, -0.2) is 10.0 Å². The van der Waals surface area contributed by atoms with E-state index in [1.165, 1.54) is 19.3 Å². The largest absolute Gasteiger partial charge is 0.240 e. The molecule has 1 aliphatic carbocycles. The Morgan fingerprint density at radius 1 is 1.15 bits per heavy atom. The molecule has 0 aromatic heterocycles. The molecule has 1 heteroatoms. The van der Waals surface area contributed by atoms with Crippen molar-refractivity contribution in [1.29, 1.82) is 0 Å². The van der Waals surface area contributed by atoms with E-state index in [0.29, 0.717) is 0 Å². The molecule has 1 saturated heterocycles. The van der Waals surface area contributed by atoms with Crippen molar-refractivity contribution in [2.24, 2.45) is 5.92 Å². The standard InChI is InChI=1S/C12H24S/c1-11-10-13(11,2)9-5-3-4-6-12-7-8-12/h11-12H,3-10H2,1-2H3. The molecule has 0 nitrogen and oxygen atoms in total. The Hall–Kier alpha value is 0.350. The molecular weight excluding hydrogens is 176 g/mol. The van der Waals surface area contributed by atoms with Gasteiger partial charge in [0.25, 0.3) is 0 Å². The smallest absolute Gasteiger partial charge is 0.00659 e. The molecular formula is C12H24S. The van der Waals surface area contributed by atoms with Crippen molar-refractivity contribution in [3.8, 4) is 0 Å². The van der Waals surface area contributed by atoms with E-state index in [1.807, 2.05) is 0 Å². The molecule has 2 fully saturated rings. The summed E-state index contributed by atoms with van der Waals surface area (Å²) in [6.07, 6.45) is 11.8. The average molecular weight is 200 g/mol. The van der Waals surface area contributed by atoms with E-state index in [-0.39, 0.29) is 10.0 Å². The summed E-state index contributed by atoms with van der Waals surface area (Å²) in [5.74, 6) is 4.32. The molecule has 78 valence electrons. The monoisotopic (exact) mass is 200 g/mol. The first-order valence-corrected chi connectivity index (χ1v) is 8.37. The zero-order chi connectivity index (χ0) is 9.31. The summed E-state index contributed by atoms with van der Waals surface area (Å²) in [4.78, 5) is 0. The Balaban J connectivity index is 1.44. The molecule has 1 heterocycles. The van der Waals surface area contributed by atoms with Crippen molar-refractivity contribution in [2.75, 3.05) is 17.8 Å². The van der Waals surface area contributed by atoms with Gasteiger partial charge in [-0.15, -0.1) is 0 Å². The Morgan fingerprint density at radius 3 is 2.38 bits per heavy atom. The van der Waals surface area contributed by atoms with Crippen LogP contribution in [0, 0.1) is 5.92 Å². The van der Waals surface area contributed by atoms with Crippen molar-refractivity contribution in [2.45, 2.75) is 50.7 Å². The molecule has 0 radical (unpaired) electrons. The van der Waals surface area contributed by atoms with Crippen LogP contribution in [-0.4, -0.2) is 23.0 Å². The van der Waals surface area contributed by atoms with Gasteiger partial charge in [-0.2, -0.15) is 0 Å². The fourth-order valence-corrected chi connectivity index (χ4v) is 5.35. The molecule has 0 bridgehead atoms. The van der Waals surface area contributed by atoms with Crippen molar-refractivity contribution >= 4 is 10.0 Å². The first-order chi connectivity index (χ1) is 6.21. The van der Waals surface area contributed by atoms with Gasteiger partial charge in [0.1, 0.15) is 0 Å². The minimum Gasteiger partial charge on any atom is -0.240 e. The second kappa shape index (κ2) is 3.84. The van der Waals surface area contributed by atoms with Gasteiger partial charge in [0.05, 0.1) is 0 Å². The quantitative estimate of drug-likeness (QED) is 0.452. The molecule has 0 amide bonds. The van der Waals surface area contributed by atoms with Gasteiger partial charge < -0.3 is 0 Å². The summed E-state index contributed by atoms with van der Waals surface area (Å²) in [5, 5.41) is 1.11. The summed E-state index contributed by atoms with van der Waals surface area (Å²) in [7, 11) is -0.0379. The van der Waals surface area contributed by atoms with Crippen molar-refractivity contribution < 1.29 is 0 Å². The van der Waals surface area contributed by atoms with Gasteiger partial charge in [0.2, 0.25) is 0 Å². The maximum absolute atomic E-state index is 2.55. The first kappa shape index (κ1) is 9.89. The Bertz CT molecular complexity index is 174. The molecule has 1 aliphatic heterocycles. The maximum Gasteiger partial charge on any atom is -0.00659 e. The van der Waals surface area contributed by atoms with E-state index in [0.717, 1.165) is 11.2 Å². The molecule has 0 N–H and O–H groups in total.